The first-order valence-electron chi connectivity index (χ1n) is 14.2. The van der Waals surface area contributed by atoms with Gasteiger partial charge in [0.1, 0.15) is 10.9 Å². The first kappa shape index (κ1) is 31.3. The average Bonchev–Trinajstić information content (AvgIpc) is 3.05. The predicted molar refractivity (Wildman–Crippen MR) is 183 cm³/mol. The number of hydrogen-bond acceptors (Lipinski definition) is 4. The van der Waals surface area contributed by atoms with Gasteiger partial charge in [0.05, 0.1) is 0 Å². The maximum atomic E-state index is 13.6. The molecule has 45 heavy (non-hydrogen) atoms. The van der Waals surface area contributed by atoms with Crippen LogP contribution in [0.25, 0.3) is 6.08 Å². The molecule has 1 unspecified atom stereocenters. The number of carbonyl (C=O) groups excluding carboxylic acids is 3. The number of rotatable bonds is 10. The molecule has 0 aliphatic heterocycles. The summed E-state index contributed by atoms with van der Waals surface area (Å²) in [4.78, 5) is 40.8. The molecule has 0 saturated carbocycles. The smallest absolute Gasteiger partial charge is 0.272 e. The second-order valence-corrected chi connectivity index (χ2v) is 11.8. The summed E-state index contributed by atoms with van der Waals surface area (Å²) < 4.78 is 0. The van der Waals surface area contributed by atoms with Crippen molar-refractivity contribution < 1.29 is 14.4 Å². The zero-order valence-electron chi connectivity index (χ0n) is 24.4. The molecule has 0 heterocycles. The lowest BCUT2D eigenvalue weighted by Gasteiger charge is -2.18. The van der Waals surface area contributed by atoms with Crippen LogP contribution in [0.5, 0.6) is 0 Å². The van der Waals surface area contributed by atoms with Crippen molar-refractivity contribution in [3.63, 3.8) is 0 Å². The zero-order valence-corrected chi connectivity index (χ0v) is 25.9. The van der Waals surface area contributed by atoms with Crippen LogP contribution in [0.2, 0.25) is 5.02 Å². The maximum absolute atomic E-state index is 13.6. The van der Waals surface area contributed by atoms with Crippen LogP contribution in [-0.4, -0.2) is 17.7 Å². The Hall–Kier alpha value is -5.11. The van der Waals surface area contributed by atoms with Crippen molar-refractivity contribution >= 4 is 58.5 Å². The molecule has 0 aliphatic rings. The number of hydrogen-bond donors (Lipinski definition) is 3. The molecule has 0 fully saturated rings. The lowest BCUT2D eigenvalue weighted by atomic mass is 10.1. The van der Waals surface area contributed by atoms with Crippen molar-refractivity contribution in [1.29, 1.82) is 0 Å². The van der Waals surface area contributed by atoms with Gasteiger partial charge in [-0.3, -0.25) is 14.4 Å². The fourth-order valence-electron chi connectivity index (χ4n) is 4.43. The van der Waals surface area contributed by atoms with E-state index in [-0.39, 0.29) is 11.6 Å². The van der Waals surface area contributed by atoms with Crippen LogP contribution < -0.4 is 16.0 Å². The van der Waals surface area contributed by atoms with Crippen LogP contribution in [0.4, 0.5) is 11.4 Å². The topological polar surface area (TPSA) is 87.3 Å². The van der Waals surface area contributed by atoms with Crippen molar-refractivity contribution in [1.82, 2.24) is 5.32 Å². The zero-order chi connectivity index (χ0) is 31.6. The number of aryl methyl sites for hydroxylation is 1. The van der Waals surface area contributed by atoms with Crippen molar-refractivity contribution in [2.45, 2.75) is 17.1 Å². The summed E-state index contributed by atoms with van der Waals surface area (Å²) in [5.74, 6) is -1.10. The van der Waals surface area contributed by atoms with Crippen LogP contribution in [0.15, 0.2) is 144 Å². The molecule has 1 atom stereocenters. The summed E-state index contributed by atoms with van der Waals surface area (Å²) >= 11 is 7.48. The van der Waals surface area contributed by atoms with E-state index in [2.05, 4.69) is 16.0 Å². The molecule has 6 nitrogen and oxygen atoms in total. The van der Waals surface area contributed by atoms with E-state index in [0.29, 0.717) is 22.0 Å². The predicted octanol–water partition coefficient (Wildman–Crippen LogP) is 8.53. The van der Waals surface area contributed by atoms with Gasteiger partial charge < -0.3 is 16.0 Å². The number of carbonyl (C=O) groups is 3. The van der Waals surface area contributed by atoms with E-state index < -0.39 is 17.1 Å². The molecule has 3 N–H and O–H groups in total. The molecule has 5 aromatic carbocycles. The van der Waals surface area contributed by atoms with E-state index in [9.17, 15) is 14.4 Å². The molecule has 224 valence electrons. The van der Waals surface area contributed by atoms with Crippen molar-refractivity contribution in [2.75, 3.05) is 10.6 Å². The fourth-order valence-corrected chi connectivity index (χ4v) is 5.70. The monoisotopic (exact) mass is 631 g/mol. The van der Waals surface area contributed by atoms with E-state index in [1.807, 2.05) is 73.7 Å². The molecular formula is C37H30ClN3O3S. The fraction of sp³-hybridized carbons (Fsp3) is 0.0541. The molecule has 0 aliphatic carbocycles. The maximum Gasteiger partial charge on any atom is 0.272 e. The number of thioether (sulfide) groups is 1. The van der Waals surface area contributed by atoms with Crippen LogP contribution in [0.3, 0.4) is 0 Å². The molecule has 0 bridgehead atoms. The summed E-state index contributed by atoms with van der Waals surface area (Å²) in [7, 11) is 0. The summed E-state index contributed by atoms with van der Waals surface area (Å²) in [6, 6.07) is 40.1. The van der Waals surface area contributed by atoms with Gasteiger partial charge >= 0.3 is 0 Å². The van der Waals surface area contributed by atoms with Gasteiger partial charge in [-0.05, 0) is 72.7 Å². The van der Waals surface area contributed by atoms with E-state index in [1.54, 1.807) is 72.8 Å². The average molecular weight is 632 g/mol. The second kappa shape index (κ2) is 15.1. The quantitative estimate of drug-likeness (QED) is 0.106. The Labute approximate surface area is 271 Å². The highest BCUT2D eigenvalue weighted by Crippen LogP contribution is 2.37. The Morgan fingerprint density at radius 2 is 1.36 bits per heavy atom. The van der Waals surface area contributed by atoms with E-state index >= 15 is 0 Å². The summed E-state index contributed by atoms with van der Waals surface area (Å²) in [5.41, 5.74) is 4.30. The van der Waals surface area contributed by atoms with Gasteiger partial charge in [-0.1, -0.05) is 102 Å². The highest BCUT2D eigenvalue weighted by Gasteiger charge is 2.23. The Morgan fingerprint density at radius 1 is 0.711 bits per heavy atom. The molecule has 3 amide bonds. The normalized spacial score (nSPS) is 11.7. The minimum absolute atomic E-state index is 0.0915. The van der Waals surface area contributed by atoms with Gasteiger partial charge in [0, 0.05) is 26.9 Å². The first-order valence-corrected chi connectivity index (χ1v) is 15.4. The molecule has 0 radical (unpaired) electrons. The Bertz CT molecular complexity index is 1830. The highest BCUT2D eigenvalue weighted by atomic mass is 35.5. The number of benzene rings is 5. The van der Waals surface area contributed by atoms with E-state index in [1.165, 1.54) is 11.8 Å². The first-order chi connectivity index (χ1) is 21.8. The molecule has 8 heteroatoms. The molecule has 5 rings (SSSR count). The van der Waals surface area contributed by atoms with Gasteiger partial charge in [-0.2, -0.15) is 0 Å². The standard InChI is InChI=1S/C37H30ClN3O3S/c1-25-18-20-26(21-19-25)22-33(41-35(42)28-12-6-3-7-13-28)36(43)39-31-16-9-17-32(24-31)45-34(27-10-4-2-5-11-27)37(44)40-30-15-8-14-29(38)23-30/h2-24,34H,1H3,(H,39,43)(H,40,44)(H,41,42)/b33-22-. The molecule has 0 spiro atoms. The van der Waals surface area contributed by atoms with Gasteiger partial charge in [0.15, 0.2) is 0 Å². The number of nitrogens with one attached hydrogen (secondary N) is 3. The van der Waals surface area contributed by atoms with Crippen molar-refractivity contribution in [3.8, 4) is 0 Å². The Balaban J connectivity index is 1.37. The van der Waals surface area contributed by atoms with Crippen LogP contribution in [0.1, 0.15) is 32.3 Å². The van der Waals surface area contributed by atoms with Crippen molar-refractivity contribution in [2.24, 2.45) is 0 Å². The molecular weight excluding hydrogens is 602 g/mol. The third-order valence-electron chi connectivity index (χ3n) is 6.70. The van der Waals surface area contributed by atoms with Crippen molar-refractivity contribution in [3.05, 3.63) is 166 Å². The largest absolute Gasteiger partial charge is 0.325 e. The molecule has 0 saturated heterocycles. The minimum Gasteiger partial charge on any atom is -0.325 e. The third kappa shape index (κ3) is 8.95. The SMILES string of the molecule is Cc1ccc(/C=C(\NC(=O)c2ccccc2)C(=O)Nc2cccc(SC(C(=O)Nc3cccc(Cl)c3)c3ccccc3)c2)cc1. The van der Waals surface area contributed by atoms with E-state index in [4.69, 9.17) is 11.6 Å². The van der Waals surface area contributed by atoms with Gasteiger partial charge in [0.2, 0.25) is 5.91 Å². The highest BCUT2D eigenvalue weighted by molar-refractivity contribution is 8.00. The number of amides is 3. The number of halogens is 1. The second-order valence-electron chi connectivity index (χ2n) is 10.2. The molecule has 5 aromatic rings. The summed E-state index contributed by atoms with van der Waals surface area (Å²) in [6.45, 7) is 1.98. The minimum atomic E-state index is -0.585. The van der Waals surface area contributed by atoms with Gasteiger partial charge in [-0.25, -0.2) is 0 Å². The lowest BCUT2D eigenvalue weighted by Crippen LogP contribution is -2.30. The van der Waals surface area contributed by atoms with E-state index in [0.717, 1.165) is 21.6 Å². The Morgan fingerprint density at radius 3 is 2.04 bits per heavy atom. The third-order valence-corrected chi connectivity index (χ3v) is 8.18. The molecule has 0 aromatic heterocycles. The summed E-state index contributed by atoms with van der Waals surface area (Å²) in [6.07, 6.45) is 1.64. The Kier molecular flexibility index (Phi) is 10.5. The van der Waals surface area contributed by atoms with Gasteiger partial charge in [0.25, 0.3) is 11.8 Å². The number of anilines is 2. The van der Waals surface area contributed by atoms with Gasteiger partial charge in [-0.15, -0.1) is 11.8 Å². The van der Waals surface area contributed by atoms with Crippen LogP contribution >= 0.6 is 23.4 Å². The van der Waals surface area contributed by atoms with Crippen LogP contribution in [-0.2, 0) is 9.59 Å². The van der Waals surface area contributed by atoms with Crippen LogP contribution in [0, 0.1) is 6.92 Å². The lowest BCUT2D eigenvalue weighted by molar-refractivity contribution is -0.116. The summed E-state index contributed by atoms with van der Waals surface area (Å²) in [5, 5.41) is 8.58.